The molecule has 0 unspecified atom stereocenters. The van der Waals surface area contributed by atoms with E-state index >= 15 is 0 Å². The van der Waals surface area contributed by atoms with E-state index in [1.54, 1.807) is 17.0 Å². The van der Waals surface area contributed by atoms with E-state index in [0.29, 0.717) is 24.8 Å². The van der Waals surface area contributed by atoms with E-state index in [1.165, 1.54) is 0 Å². The number of hydrogen-bond acceptors (Lipinski definition) is 3. The molecule has 16 heavy (non-hydrogen) atoms. The Balaban J connectivity index is 1.85. The molecule has 1 aromatic heterocycles. The summed E-state index contributed by atoms with van der Waals surface area (Å²) in [6, 6.07) is 0.408. The third-order valence-corrected chi connectivity index (χ3v) is 2.64. The maximum absolute atomic E-state index is 11.5. The van der Waals surface area contributed by atoms with Crippen LogP contribution in [0.15, 0.2) is 12.4 Å². The van der Waals surface area contributed by atoms with Gasteiger partial charge in [-0.25, -0.2) is 4.98 Å². The molecule has 1 aliphatic carbocycles. The minimum atomic E-state index is 0.0742. The summed E-state index contributed by atoms with van der Waals surface area (Å²) < 4.78 is 1.80. The van der Waals surface area contributed by atoms with Crippen molar-refractivity contribution in [2.45, 2.75) is 31.8 Å². The van der Waals surface area contributed by atoms with Crippen LogP contribution >= 0.6 is 12.2 Å². The Bertz CT molecular complexity index is 411. The first-order valence-electron chi connectivity index (χ1n) is 5.27. The fourth-order valence-corrected chi connectivity index (χ4v) is 1.63. The normalized spacial score (nSPS) is 14.8. The number of rotatable bonds is 5. The van der Waals surface area contributed by atoms with Crippen molar-refractivity contribution >= 4 is 23.1 Å². The van der Waals surface area contributed by atoms with Crippen molar-refractivity contribution in [2.75, 3.05) is 0 Å². The summed E-state index contributed by atoms with van der Waals surface area (Å²) >= 11 is 4.86. The van der Waals surface area contributed by atoms with Crippen molar-refractivity contribution in [3.63, 3.8) is 0 Å². The Morgan fingerprint density at radius 2 is 2.44 bits per heavy atom. The number of thiocarbonyl (C=S) groups is 1. The number of hydrogen-bond donors (Lipinski definition) is 2. The van der Waals surface area contributed by atoms with Crippen molar-refractivity contribution in [1.29, 1.82) is 0 Å². The summed E-state index contributed by atoms with van der Waals surface area (Å²) in [6.45, 7) is 0.561. The number of amides is 1. The summed E-state index contributed by atoms with van der Waals surface area (Å²) in [5.41, 5.74) is 5.50. The van der Waals surface area contributed by atoms with E-state index in [-0.39, 0.29) is 10.9 Å². The minimum Gasteiger partial charge on any atom is -0.387 e. The van der Waals surface area contributed by atoms with Crippen LogP contribution < -0.4 is 11.1 Å². The lowest BCUT2D eigenvalue weighted by Crippen LogP contribution is -2.27. The molecule has 0 bridgehead atoms. The average Bonchev–Trinajstić information content (AvgIpc) is 2.91. The number of nitrogens with zero attached hydrogens (tertiary/aromatic N) is 2. The van der Waals surface area contributed by atoms with Gasteiger partial charge in [0.1, 0.15) is 4.99 Å². The van der Waals surface area contributed by atoms with Gasteiger partial charge >= 0.3 is 0 Å². The summed E-state index contributed by atoms with van der Waals surface area (Å²) in [5.74, 6) is 0.638. The van der Waals surface area contributed by atoms with Crippen LogP contribution in [0.2, 0.25) is 0 Å². The zero-order valence-electron chi connectivity index (χ0n) is 8.85. The molecule has 3 N–H and O–H groups in total. The number of carbonyl (C=O) groups is 1. The van der Waals surface area contributed by atoms with Crippen LogP contribution in [0.3, 0.4) is 0 Å². The van der Waals surface area contributed by atoms with Crippen LogP contribution in [0, 0.1) is 0 Å². The zero-order valence-corrected chi connectivity index (χ0v) is 9.67. The van der Waals surface area contributed by atoms with Crippen LogP contribution in [-0.2, 0) is 11.3 Å². The van der Waals surface area contributed by atoms with Gasteiger partial charge in [-0.1, -0.05) is 12.2 Å². The van der Waals surface area contributed by atoms with Crippen LogP contribution in [0.25, 0.3) is 0 Å². The molecule has 6 heteroatoms. The van der Waals surface area contributed by atoms with Crippen molar-refractivity contribution in [1.82, 2.24) is 14.9 Å². The second-order valence-electron chi connectivity index (χ2n) is 3.90. The first-order chi connectivity index (χ1) is 7.66. The van der Waals surface area contributed by atoms with E-state index in [9.17, 15) is 4.79 Å². The standard InChI is InChI=1S/C10H14N4OS/c11-9(16)10-12-4-6-14(10)5-3-8(15)13-7-1-2-7/h4,6-7H,1-3,5H2,(H2,11,16)(H,13,15). The molecule has 2 rings (SSSR count). The molecule has 1 amide bonds. The molecular weight excluding hydrogens is 224 g/mol. The summed E-state index contributed by atoms with van der Waals surface area (Å²) in [5, 5.41) is 2.93. The quantitative estimate of drug-likeness (QED) is 0.718. The molecule has 1 heterocycles. The molecule has 0 spiro atoms. The monoisotopic (exact) mass is 238 g/mol. The maximum Gasteiger partial charge on any atom is 0.222 e. The molecule has 0 aliphatic heterocycles. The molecule has 0 radical (unpaired) electrons. The number of aromatic nitrogens is 2. The summed E-state index contributed by atoms with van der Waals surface area (Å²) in [7, 11) is 0. The topological polar surface area (TPSA) is 72.9 Å². The molecule has 86 valence electrons. The fourth-order valence-electron chi connectivity index (χ4n) is 1.46. The highest BCUT2D eigenvalue weighted by atomic mass is 32.1. The van der Waals surface area contributed by atoms with Crippen molar-refractivity contribution in [3.8, 4) is 0 Å². The van der Waals surface area contributed by atoms with Crippen LogP contribution in [-0.4, -0.2) is 26.5 Å². The third-order valence-electron chi connectivity index (χ3n) is 2.46. The van der Waals surface area contributed by atoms with Crippen LogP contribution in [0.4, 0.5) is 0 Å². The first-order valence-corrected chi connectivity index (χ1v) is 5.68. The highest BCUT2D eigenvalue weighted by Gasteiger charge is 2.22. The lowest BCUT2D eigenvalue weighted by Gasteiger charge is -2.06. The third kappa shape index (κ3) is 2.79. The van der Waals surface area contributed by atoms with E-state index < -0.39 is 0 Å². The van der Waals surface area contributed by atoms with E-state index in [1.807, 2.05) is 0 Å². The van der Waals surface area contributed by atoms with E-state index in [4.69, 9.17) is 18.0 Å². The van der Waals surface area contributed by atoms with Gasteiger partial charge in [0.25, 0.3) is 0 Å². The Morgan fingerprint density at radius 3 is 3.06 bits per heavy atom. The van der Waals surface area contributed by atoms with Crippen LogP contribution in [0.5, 0.6) is 0 Å². The highest BCUT2D eigenvalue weighted by molar-refractivity contribution is 7.80. The second kappa shape index (κ2) is 4.61. The largest absolute Gasteiger partial charge is 0.387 e. The van der Waals surface area contributed by atoms with Gasteiger partial charge in [0.15, 0.2) is 5.82 Å². The average molecular weight is 238 g/mol. The Morgan fingerprint density at radius 1 is 1.69 bits per heavy atom. The predicted molar refractivity (Wildman–Crippen MR) is 63.9 cm³/mol. The highest BCUT2D eigenvalue weighted by Crippen LogP contribution is 2.18. The number of nitrogens with one attached hydrogen (secondary N) is 1. The molecule has 1 aromatic rings. The number of carbonyl (C=O) groups excluding carboxylic acids is 1. The smallest absolute Gasteiger partial charge is 0.222 e. The number of nitrogens with two attached hydrogens (primary N) is 1. The lowest BCUT2D eigenvalue weighted by molar-refractivity contribution is -0.121. The van der Waals surface area contributed by atoms with Gasteiger partial charge < -0.3 is 15.6 Å². The molecule has 0 atom stereocenters. The van der Waals surface area contributed by atoms with Gasteiger partial charge in [-0.2, -0.15) is 0 Å². The maximum atomic E-state index is 11.5. The molecule has 0 saturated heterocycles. The van der Waals surface area contributed by atoms with Crippen LogP contribution in [0.1, 0.15) is 25.1 Å². The Hall–Kier alpha value is -1.43. The Labute approximate surface area is 99.0 Å². The fraction of sp³-hybridized carbons (Fsp3) is 0.500. The van der Waals surface area contributed by atoms with Gasteiger partial charge in [0, 0.05) is 31.4 Å². The lowest BCUT2D eigenvalue weighted by atomic mass is 10.4. The van der Waals surface area contributed by atoms with Crippen molar-refractivity contribution in [2.24, 2.45) is 5.73 Å². The molecule has 5 nitrogen and oxygen atoms in total. The predicted octanol–water partition coefficient (Wildman–Crippen LogP) is 0.186. The van der Waals surface area contributed by atoms with Gasteiger partial charge in [0.05, 0.1) is 0 Å². The summed E-state index contributed by atoms with van der Waals surface area (Å²) in [4.78, 5) is 15.7. The first kappa shape index (κ1) is 11.1. The van der Waals surface area contributed by atoms with Gasteiger partial charge in [-0.15, -0.1) is 0 Å². The zero-order chi connectivity index (χ0) is 11.5. The van der Waals surface area contributed by atoms with Crippen molar-refractivity contribution < 1.29 is 4.79 Å². The molecule has 1 fully saturated rings. The molecular formula is C10H14N4OS. The minimum absolute atomic E-state index is 0.0742. The van der Waals surface area contributed by atoms with Crippen molar-refractivity contribution in [3.05, 3.63) is 18.2 Å². The van der Waals surface area contributed by atoms with E-state index in [0.717, 1.165) is 12.8 Å². The van der Waals surface area contributed by atoms with Gasteiger partial charge in [-0.05, 0) is 12.8 Å². The number of imidazole rings is 1. The summed E-state index contributed by atoms with van der Waals surface area (Å²) in [6.07, 6.45) is 6.05. The van der Waals surface area contributed by atoms with E-state index in [2.05, 4.69) is 10.3 Å². The van der Waals surface area contributed by atoms with Gasteiger partial charge in [0.2, 0.25) is 5.91 Å². The number of aryl methyl sites for hydroxylation is 1. The second-order valence-corrected chi connectivity index (χ2v) is 4.34. The van der Waals surface area contributed by atoms with Gasteiger partial charge in [-0.3, -0.25) is 4.79 Å². The Kier molecular flexibility index (Phi) is 3.19. The molecule has 1 aliphatic rings. The molecule has 0 aromatic carbocycles. The molecule has 1 saturated carbocycles. The SMILES string of the molecule is NC(=S)c1nccn1CCC(=O)NC1CC1.